The normalized spacial score (nSPS) is 10.7. The summed E-state index contributed by atoms with van der Waals surface area (Å²) in [5, 5.41) is 6.63. The maximum absolute atomic E-state index is 12.1. The number of amides is 1. The van der Waals surface area contributed by atoms with Crippen molar-refractivity contribution in [3.63, 3.8) is 0 Å². The molecule has 0 atom stereocenters. The summed E-state index contributed by atoms with van der Waals surface area (Å²) in [5.41, 5.74) is 1.29. The largest absolute Gasteiger partial charge is 0.355 e. The molecule has 0 saturated carbocycles. The third-order valence-electron chi connectivity index (χ3n) is 3.97. The summed E-state index contributed by atoms with van der Waals surface area (Å²) in [4.78, 5) is 39.6. The van der Waals surface area contributed by atoms with Gasteiger partial charge in [-0.05, 0) is 19.1 Å². The fourth-order valence-electron chi connectivity index (χ4n) is 2.53. The molecule has 140 valence electrons. The van der Waals surface area contributed by atoms with Gasteiger partial charge in [0.1, 0.15) is 11.5 Å². The van der Waals surface area contributed by atoms with Crippen molar-refractivity contribution in [3.05, 3.63) is 57.7 Å². The van der Waals surface area contributed by atoms with E-state index in [-0.39, 0.29) is 17.9 Å². The third-order valence-corrected chi connectivity index (χ3v) is 3.97. The molecule has 9 nitrogen and oxygen atoms in total. The van der Waals surface area contributed by atoms with Gasteiger partial charge in [-0.3, -0.25) is 14.6 Å². The average molecular weight is 368 g/mol. The molecule has 2 N–H and O–H groups in total. The van der Waals surface area contributed by atoms with E-state index < -0.39 is 0 Å². The first-order chi connectivity index (χ1) is 13.1. The van der Waals surface area contributed by atoms with Gasteiger partial charge in [-0.1, -0.05) is 18.1 Å². The number of nitrogens with one attached hydrogen (secondary N) is 2. The molecule has 0 radical (unpaired) electrons. The number of aromatic amines is 1. The smallest absolute Gasteiger partial charge is 0.254 e. The average Bonchev–Trinajstić information content (AvgIpc) is 3.14. The Morgan fingerprint density at radius 1 is 1.30 bits per heavy atom. The highest BCUT2D eigenvalue weighted by Gasteiger charge is 2.13. The Bertz CT molecular complexity index is 980. The number of carbonyl (C=O) groups excluding carboxylic acids is 1. The van der Waals surface area contributed by atoms with Crippen LogP contribution in [0.4, 0.5) is 0 Å². The summed E-state index contributed by atoms with van der Waals surface area (Å²) in [6, 6.07) is 5.43. The maximum Gasteiger partial charge on any atom is 0.254 e. The Labute approximate surface area is 155 Å². The van der Waals surface area contributed by atoms with Gasteiger partial charge in [-0.15, -0.1) is 0 Å². The molecule has 0 spiro atoms. The van der Waals surface area contributed by atoms with Crippen LogP contribution in [0.3, 0.4) is 0 Å². The van der Waals surface area contributed by atoms with E-state index in [0.29, 0.717) is 53.9 Å². The van der Waals surface area contributed by atoms with Gasteiger partial charge >= 0.3 is 0 Å². The van der Waals surface area contributed by atoms with Crippen LogP contribution in [0.15, 0.2) is 33.7 Å². The van der Waals surface area contributed by atoms with Crippen molar-refractivity contribution < 1.29 is 9.32 Å². The summed E-state index contributed by atoms with van der Waals surface area (Å²) in [6.07, 6.45) is 2.64. The van der Waals surface area contributed by atoms with Gasteiger partial charge < -0.3 is 14.8 Å². The minimum absolute atomic E-state index is 0.0266. The van der Waals surface area contributed by atoms with E-state index in [0.717, 1.165) is 0 Å². The van der Waals surface area contributed by atoms with Gasteiger partial charge in [0.05, 0.1) is 6.42 Å². The minimum Gasteiger partial charge on any atom is -0.355 e. The lowest BCUT2D eigenvalue weighted by Crippen LogP contribution is -2.30. The zero-order valence-corrected chi connectivity index (χ0v) is 15.2. The zero-order chi connectivity index (χ0) is 19.2. The molecule has 0 aliphatic rings. The van der Waals surface area contributed by atoms with Crippen LogP contribution >= 0.6 is 0 Å². The summed E-state index contributed by atoms with van der Waals surface area (Å²) >= 11 is 0. The Morgan fingerprint density at radius 2 is 2.15 bits per heavy atom. The van der Waals surface area contributed by atoms with Gasteiger partial charge in [-0.2, -0.15) is 4.98 Å². The van der Waals surface area contributed by atoms with Crippen molar-refractivity contribution in [1.82, 2.24) is 30.4 Å². The van der Waals surface area contributed by atoms with Crippen molar-refractivity contribution in [3.8, 4) is 11.5 Å². The Balaban J connectivity index is 1.53. The fraction of sp³-hybridized carbons (Fsp3) is 0.333. The number of H-pyrrole nitrogens is 1. The van der Waals surface area contributed by atoms with E-state index in [1.807, 2.05) is 13.0 Å². The van der Waals surface area contributed by atoms with Crippen molar-refractivity contribution in [2.75, 3.05) is 6.54 Å². The number of aromatic nitrogens is 5. The van der Waals surface area contributed by atoms with Gasteiger partial charge in [0.25, 0.3) is 5.56 Å². The third kappa shape index (κ3) is 4.63. The lowest BCUT2D eigenvalue weighted by atomic mass is 10.1. The quantitative estimate of drug-likeness (QED) is 0.636. The van der Waals surface area contributed by atoms with E-state index >= 15 is 0 Å². The molecule has 0 saturated heterocycles. The zero-order valence-electron chi connectivity index (χ0n) is 15.2. The van der Waals surface area contributed by atoms with E-state index in [1.165, 1.54) is 0 Å². The first-order valence-electron chi connectivity index (χ1n) is 8.66. The van der Waals surface area contributed by atoms with Crippen LogP contribution in [-0.2, 0) is 24.1 Å². The molecule has 1 amide bonds. The molecule has 27 heavy (non-hydrogen) atoms. The highest BCUT2D eigenvalue weighted by molar-refractivity contribution is 5.78. The standard InChI is InChI=1S/C18H20N6O3/c1-3-14-21-11(2)12(18(26)22-14)10-15(25)20-9-7-16-23-17(24-27-16)13-6-4-5-8-19-13/h4-6,8H,3,7,9-10H2,1-2H3,(H,20,25)(H,21,22,26). The number of nitrogens with zero attached hydrogens (tertiary/aromatic N) is 4. The second-order valence-electron chi connectivity index (χ2n) is 5.93. The molecule has 0 bridgehead atoms. The van der Waals surface area contributed by atoms with Crippen LogP contribution in [0.2, 0.25) is 0 Å². The van der Waals surface area contributed by atoms with Crippen LogP contribution in [0, 0.1) is 6.92 Å². The molecule has 0 aliphatic heterocycles. The second-order valence-corrected chi connectivity index (χ2v) is 5.93. The molecular formula is C18H20N6O3. The molecule has 3 rings (SSSR count). The Hall–Kier alpha value is -3.36. The maximum atomic E-state index is 12.1. The minimum atomic E-state index is -0.272. The number of pyridine rings is 1. The first-order valence-corrected chi connectivity index (χ1v) is 8.66. The fourth-order valence-corrected chi connectivity index (χ4v) is 2.53. The first kappa shape index (κ1) is 18.4. The number of rotatable bonds is 7. The number of hydrogen-bond donors (Lipinski definition) is 2. The van der Waals surface area contributed by atoms with Gasteiger partial charge in [0.2, 0.25) is 17.6 Å². The summed E-state index contributed by atoms with van der Waals surface area (Å²) in [7, 11) is 0. The monoisotopic (exact) mass is 368 g/mol. The van der Waals surface area contributed by atoms with Gasteiger partial charge in [0.15, 0.2) is 0 Å². The van der Waals surface area contributed by atoms with Crippen LogP contribution in [0.25, 0.3) is 11.5 Å². The lowest BCUT2D eigenvalue weighted by molar-refractivity contribution is -0.120. The SMILES string of the molecule is CCc1nc(C)c(CC(=O)NCCc2nc(-c3ccccn3)no2)c(=O)[nH]1. The highest BCUT2D eigenvalue weighted by atomic mass is 16.5. The van der Waals surface area contributed by atoms with E-state index in [1.54, 1.807) is 25.3 Å². The molecule has 0 fully saturated rings. The Morgan fingerprint density at radius 3 is 2.85 bits per heavy atom. The van der Waals surface area contributed by atoms with Crippen molar-refractivity contribution in [1.29, 1.82) is 0 Å². The van der Waals surface area contributed by atoms with E-state index in [9.17, 15) is 9.59 Å². The van der Waals surface area contributed by atoms with Crippen LogP contribution < -0.4 is 10.9 Å². The predicted molar refractivity (Wildman–Crippen MR) is 96.9 cm³/mol. The predicted octanol–water partition coefficient (Wildman–Crippen LogP) is 0.987. The van der Waals surface area contributed by atoms with Crippen LogP contribution in [0.5, 0.6) is 0 Å². The van der Waals surface area contributed by atoms with Crippen LogP contribution in [0.1, 0.15) is 29.9 Å². The molecule has 3 aromatic rings. The van der Waals surface area contributed by atoms with Crippen molar-refractivity contribution >= 4 is 5.91 Å². The topological polar surface area (TPSA) is 127 Å². The lowest BCUT2D eigenvalue weighted by Gasteiger charge is -2.07. The van der Waals surface area contributed by atoms with Gasteiger partial charge in [0, 0.05) is 36.8 Å². The van der Waals surface area contributed by atoms with Crippen molar-refractivity contribution in [2.24, 2.45) is 0 Å². The summed E-state index contributed by atoms with van der Waals surface area (Å²) in [6.45, 7) is 3.95. The van der Waals surface area contributed by atoms with Crippen LogP contribution in [-0.4, -0.2) is 37.5 Å². The summed E-state index contributed by atoms with van der Waals surface area (Å²) in [5.74, 6) is 1.15. The molecule has 0 unspecified atom stereocenters. The molecular weight excluding hydrogens is 348 g/mol. The summed E-state index contributed by atoms with van der Waals surface area (Å²) < 4.78 is 5.17. The molecule has 3 aromatic heterocycles. The highest BCUT2D eigenvalue weighted by Crippen LogP contribution is 2.11. The van der Waals surface area contributed by atoms with E-state index in [2.05, 4.69) is 30.4 Å². The van der Waals surface area contributed by atoms with Crippen molar-refractivity contribution in [2.45, 2.75) is 33.1 Å². The number of carbonyl (C=O) groups is 1. The number of aryl methyl sites for hydroxylation is 2. The van der Waals surface area contributed by atoms with Gasteiger partial charge in [-0.25, -0.2) is 4.98 Å². The molecule has 0 aliphatic carbocycles. The van der Waals surface area contributed by atoms with E-state index in [4.69, 9.17) is 4.52 Å². The number of hydrogen-bond acceptors (Lipinski definition) is 7. The second kappa shape index (κ2) is 8.35. The molecule has 0 aromatic carbocycles. The Kier molecular flexibility index (Phi) is 5.70. The molecule has 9 heteroatoms. The molecule has 3 heterocycles.